The van der Waals surface area contributed by atoms with Crippen molar-refractivity contribution in [3.05, 3.63) is 57.7 Å². The highest BCUT2D eigenvalue weighted by Gasteiger charge is 2.23. The van der Waals surface area contributed by atoms with E-state index in [9.17, 15) is 9.59 Å². The molecular formula is C18H18Cl2N2O4. The molecule has 0 spiro atoms. The van der Waals surface area contributed by atoms with E-state index in [0.29, 0.717) is 11.6 Å². The zero-order valence-corrected chi connectivity index (χ0v) is 15.9. The van der Waals surface area contributed by atoms with E-state index in [-0.39, 0.29) is 29.7 Å². The molecule has 0 unspecified atom stereocenters. The number of rotatable bonds is 7. The number of carbonyl (C=O) groups excluding carboxylic acids is 2. The molecule has 0 N–H and O–H groups in total. The van der Waals surface area contributed by atoms with Gasteiger partial charge in [-0.1, -0.05) is 35.3 Å². The van der Waals surface area contributed by atoms with Gasteiger partial charge in [-0.3, -0.25) is 9.59 Å². The minimum Gasteiger partial charge on any atom is -0.478 e. The summed E-state index contributed by atoms with van der Waals surface area (Å²) >= 11 is 12.0. The molecule has 1 aromatic heterocycles. The van der Waals surface area contributed by atoms with Crippen molar-refractivity contribution in [2.24, 2.45) is 0 Å². The van der Waals surface area contributed by atoms with Crippen LogP contribution in [-0.2, 0) is 16.1 Å². The lowest BCUT2D eigenvalue weighted by atomic mass is 10.2. The van der Waals surface area contributed by atoms with E-state index in [4.69, 9.17) is 27.9 Å². The Morgan fingerprint density at radius 3 is 2.42 bits per heavy atom. The minimum atomic E-state index is -0.551. The molecule has 1 aromatic carbocycles. The number of pyridine rings is 1. The van der Waals surface area contributed by atoms with E-state index >= 15 is 0 Å². The second kappa shape index (κ2) is 9.40. The lowest BCUT2D eigenvalue weighted by Crippen LogP contribution is -2.36. The number of hydrogen-bond donors (Lipinski definition) is 0. The van der Waals surface area contributed by atoms with Gasteiger partial charge in [-0.05, 0) is 30.7 Å². The molecule has 2 rings (SSSR count). The van der Waals surface area contributed by atoms with Crippen LogP contribution in [0.4, 0.5) is 0 Å². The first-order valence-electron chi connectivity index (χ1n) is 7.84. The summed E-state index contributed by atoms with van der Waals surface area (Å²) in [4.78, 5) is 30.1. The number of benzene rings is 1. The predicted octanol–water partition coefficient (Wildman–Crippen LogP) is 3.60. The zero-order valence-electron chi connectivity index (χ0n) is 14.4. The standard InChI is InChI=1S/C18H18Cl2N2O4/c1-3-26-15-9-8-14(20)17(21-15)18(24)22(11-16(23)25-2)10-12-4-6-13(19)7-5-12/h4-9H,3,10-11H2,1-2H3. The SMILES string of the molecule is CCOc1ccc(Cl)c(C(=O)N(CC(=O)OC)Cc2ccc(Cl)cc2)n1. The lowest BCUT2D eigenvalue weighted by molar-refractivity contribution is -0.141. The largest absolute Gasteiger partial charge is 0.478 e. The van der Waals surface area contributed by atoms with Crippen molar-refractivity contribution >= 4 is 35.1 Å². The molecule has 1 heterocycles. The maximum atomic E-state index is 12.9. The van der Waals surface area contributed by atoms with Gasteiger partial charge in [0.05, 0.1) is 18.7 Å². The number of amides is 1. The van der Waals surface area contributed by atoms with Gasteiger partial charge in [-0.25, -0.2) is 4.98 Å². The molecule has 0 radical (unpaired) electrons. The number of carbonyl (C=O) groups is 2. The number of esters is 1. The summed E-state index contributed by atoms with van der Waals surface area (Å²) in [5.74, 6) is -0.772. The Kier molecular flexibility index (Phi) is 7.24. The predicted molar refractivity (Wildman–Crippen MR) is 98.6 cm³/mol. The number of aromatic nitrogens is 1. The van der Waals surface area contributed by atoms with Crippen LogP contribution in [0, 0.1) is 0 Å². The van der Waals surface area contributed by atoms with Crippen LogP contribution in [0.5, 0.6) is 5.88 Å². The highest BCUT2D eigenvalue weighted by atomic mass is 35.5. The molecule has 8 heteroatoms. The average molecular weight is 397 g/mol. The highest BCUT2D eigenvalue weighted by Crippen LogP contribution is 2.21. The van der Waals surface area contributed by atoms with Crippen LogP contribution in [0.1, 0.15) is 23.0 Å². The van der Waals surface area contributed by atoms with Crippen molar-refractivity contribution in [2.75, 3.05) is 20.3 Å². The first-order chi connectivity index (χ1) is 12.4. The molecule has 0 aliphatic heterocycles. The highest BCUT2D eigenvalue weighted by molar-refractivity contribution is 6.33. The van der Waals surface area contributed by atoms with Crippen molar-refractivity contribution in [1.82, 2.24) is 9.88 Å². The topological polar surface area (TPSA) is 68.7 Å². The van der Waals surface area contributed by atoms with Gasteiger partial charge in [0.1, 0.15) is 6.54 Å². The number of halogens is 2. The maximum absolute atomic E-state index is 12.9. The number of hydrogen-bond acceptors (Lipinski definition) is 5. The molecule has 1 amide bonds. The van der Waals surface area contributed by atoms with E-state index < -0.39 is 11.9 Å². The van der Waals surface area contributed by atoms with Crippen LogP contribution in [-0.4, -0.2) is 42.0 Å². The molecular weight excluding hydrogens is 379 g/mol. The Morgan fingerprint density at radius 2 is 1.81 bits per heavy atom. The molecule has 0 atom stereocenters. The first kappa shape index (κ1) is 20.0. The summed E-state index contributed by atoms with van der Waals surface area (Å²) in [5, 5.41) is 0.748. The van der Waals surface area contributed by atoms with Crippen molar-refractivity contribution < 1.29 is 19.1 Å². The normalized spacial score (nSPS) is 10.3. The lowest BCUT2D eigenvalue weighted by Gasteiger charge is -2.22. The van der Waals surface area contributed by atoms with Gasteiger partial charge in [-0.15, -0.1) is 0 Å². The van der Waals surface area contributed by atoms with Gasteiger partial charge < -0.3 is 14.4 Å². The first-order valence-corrected chi connectivity index (χ1v) is 8.60. The second-order valence-corrected chi connectivity index (χ2v) is 6.12. The quantitative estimate of drug-likeness (QED) is 0.668. The molecule has 0 aliphatic rings. The van der Waals surface area contributed by atoms with E-state index in [2.05, 4.69) is 9.72 Å². The Hall–Kier alpha value is -2.31. The van der Waals surface area contributed by atoms with Gasteiger partial charge in [0.25, 0.3) is 5.91 Å². The minimum absolute atomic E-state index is 0.00971. The molecule has 0 bridgehead atoms. The second-order valence-electron chi connectivity index (χ2n) is 5.28. The van der Waals surface area contributed by atoms with E-state index in [1.54, 1.807) is 30.3 Å². The van der Waals surface area contributed by atoms with Crippen molar-refractivity contribution in [2.45, 2.75) is 13.5 Å². The third-order valence-electron chi connectivity index (χ3n) is 3.44. The summed E-state index contributed by atoms with van der Waals surface area (Å²) in [5.41, 5.74) is 0.805. The van der Waals surface area contributed by atoms with Crippen LogP contribution < -0.4 is 4.74 Å². The Morgan fingerprint density at radius 1 is 1.12 bits per heavy atom. The van der Waals surface area contributed by atoms with Gasteiger partial charge in [0.15, 0.2) is 5.69 Å². The fraction of sp³-hybridized carbons (Fsp3) is 0.278. The summed E-state index contributed by atoms with van der Waals surface area (Å²) in [6.07, 6.45) is 0. The molecule has 2 aromatic rings. The Balaban J connectivity index is 2.31. The van der Waals surface area contributed by atoms with E-state index in [0.717, 1.165) is 5.56 Å². The maximum Gasteiger partial charge on any atom is 0.325 e. The molecule has 0 fully saturated rings. The van der Waals surface area contributed by atoms with Crippen LogP contribution >= 0.6 is 23.2 Å². The third-order valence-corrected chi connectivity index (χ3v) is 3.99. The van der Waals surface area contributed by atoms with Gasteiger partial charge >= 0.3 is 5.97 Å². The van der Waals surface area contributed by atoms with Crippen LogP contribution in [0.25, 0.3) is 0 Å². The Bertz CT molecular complexity index is 781. The molecule has 26 heavy (non-hydrogen) atoms. The fourth-order valence-corrected chi connectivity index (χ4v) is 2.49. The van der Waals surface area contributed by atoms with Gasteiger partial charge in [-0.2, -0.15) is 0 Å². The van der Waals surface area contributed by atoms with Crippen LogP contribution in [0.3, 0.4) is 0 Å². The summed E-state index contributed by atoms with van der Waals surface area (Å²) in [7, 11) is 1.26. The molecule has 6 nitrogen and oxygen atoms in total. The van der Waals surface area contributed by atoms with Crippen molar-refractivity contribution in [3.63, 3.8) is 0 Å². The van der Waals surface area contributed by atoms with Gasteiger partial charge in [0.2, 0.25) is 5.88 Å². The monoisotopic (exact) mass is 396 g/mol. The van der Waals surface area contributed by atoms with Crippen molar-refractivity contribution in [3.8, 4) is 5.88 Å². The number of ether oxygens (including phenoxy) is 2. The number of nitrogens with zero attached hydrogens (tertiary/aromatic N) is 2. The summed E-state index contributed by atoms with van der Waals surface area (Å²) < 4.78 is 10.0. The fourth-order valence-electron chi connectivity index (χ4n) is 2.18. The van der Waals surface area contributed by atoms with Crippen LogP contribution in [0.15, 0.2) is 36.4 Å². The average Bonchev–Trinajstić information content (AvgIpc) is 2.64. The number of methoxy groups -OCH3 is 1. The van der Waals surface area contributed by atoms with E-state index in [1.165, 1.54) is 18.1 Å². The zero-order chi connectivity index (χ0) is 19.1. The molecule has 138 valence electrons. The molecule has 0 saturated heterocycles. The summed E-state index contributed by atoms with van der Waals surface area (Å²) in [6, 6.07) is 10.1. The van der Waals surface area contributed by atoms with Crippen molar-refractivity contribution in [1.29, 1.82) is 0 Å². The third kappa shape index (κ3) is 5.34. The Labute approximate surface area is 161 Å². The van der Waals surface area contributed by atoms with E-state index in [1.807, 2.05) is 6.92 Å². The van der Waals surface area contributed by atoms with Crippen LogP contribution in [0.2, 0.25) is 10.0 Å². The molecule has 0 saturated carbocycles. The summed E-state index contributed by atoms with van der Waals surface area (Å²) in [6.45, 7) is 2.14. The smallest absolute Gasteiger partial charge is 0.325 e. The van der Waals surface area contributed by atoms with Gasteiger partial charge in [0, 0.05) is 17.6 Å². The molecule has 0 aliphatic carbocycles.